The van der Waals surface area contributed by atoms with Crippen molar-refractivity contribution in [2.24, 2.45) is 7.05 Å². The predicted molar refractivity (Wildman–Crippen MR) is 95.8 cm³/mol. The minimum absolute atomic E-state index is 0.0327. The van der Waals surface area contributed by atoms with Gasteiger partial charge in [-0.05, 0) is 29.8 Å². The third-order valence-corrected chi connectivity index (χ3v) is 5.04. The van der Waals surface area contributed by atoms with Crippen LogP contribution in [-0.4, -0.2) is 28.0 Å². The Labute approximate surface area is 149 Å². The second-order valence-electron chi connectivity index (χ2n) is 5.70. The van der Waals surface area contributed by atoms with Crippen LogP contribution < -0.4 is 14.8 Å². The molecule has 1 N–H and O–H groups in total. The normalized spacial score (nSPS) is 12.5. The Bertz CT molecular complexity index is 938. The lowest BCUT2D eigenvalue weighted by atomic mass is 10.2. The topological polar surface area (TPSA) is 65.4 Å². The van der Waals surface area contributed by atoms with Crippen molar-refractivity contribution < 1.29 is 14.3 Å². The third-order valence-electron chi connectivity index (χ3n) is 4.01. The zero-order valence-corrected chi connectivity index (χ0v) is 14.5. The molecule has 2 aromatic carbocycles. The number of imidazole rings is 1. The predicted octanol–water partition coefficient (Wildman–Crippen LogP) is 2.71. The van der Waals surface area contributed by atoms with Crippen LogP contribution in [0.15, 0.2) is 47.6 Å². The van der Waals surface area contributed by atoms with Gasteiger partial charge in [0.2, 0.25) is 12.7 Å². The maximum Gasteiger partial charge on any atom is 0.231 e. The number of benzene rings is 2. The summed E-state index contributed by atoms with van der Waals surface area (Å²) < 4.78 is 12.6. The van der Waals surface area contributed by atoms with E-state index in [-0.39, 0.29) is 12.7 Å². The number of aryl methyl sites for hydroxylation is 1. The van der Waals surface area contributed by atoms with Gasteiger partial charge in [-0.1, -0.05) is 30.0 Å². The van der Waals surface area contributed by atoms with Gasteiger partial charge < -0.3 is 19.4 Å². The number of carbonyl (C=O) groups is 1. The Hall–Kier alpha value is -2.67. The van der Waals surface area contributed by atoms with Gasteiger partial charge in [-0.15, -0.1) is 0 Å². The fourth-order valence-corrected chi connectivity index (χ4v) is 3.50. The Kier molecular flexibility index (Phi) is 4.23. The molecule has 6 nitrogen and oxygen atoms in total. The molecule has 4 rings (SSSR count). The summed E-state index contributed by atoms with van der Waals surface area (Å²) >= 11 is 1.43. The van der Waals surface area contributed by atoms with E-state index < -0.39 is 0 Å². The van der Waals surface area contributed by atoms with E-state index in [0.717, 1.165) is 33.3 Å². The van der Waals surface area contributed by atoms with Crippen molar-refractivity contribution in [1.29, 1.82) is 0 Å². The van der Waals surface area contributed by atoms with E-state index in [2.05, 4.69) is 10.3 Å². The summed E-state index contributed by atoms with van der Waals surface area (Å²) in [5.74, 6) is 1.75. The molecule has 25 heavy (non-hydrogen) atoms. The van der Waals surface area contributed by atoms with Gasteiger partial charge in [0.25, 0.3) is 0 Å². The standard InChI is InChI=1S/C18H17N3O3S/c1-21-14-5-3-2-4-13(14)20-18(21)25-10-17(22)19-9-12-6-7-15-16(8-12)24-11-23-15/h2-8H,9-11H2,1H3,(H,19,22). The first kappa shape index (κ1) is 15.8. The molecule has 0 saturated heterocycles. The van der Waals surface area contributed by atoms with Crippen molar-refractivity contribution in [2.75, 3.05) is 12.5 Å². The molecule has 2 heterocycles. The molecule has 0 spiro atoms. The average molecular weight is 355 g/mol. The molecular formula is C18H17N3O3S. The van der Waals surface area contributed by atoms with Gasteiger partial charge in [0.05, 0.1) is 16.8 Å². The van der Waals surface area contributed by atoms with E-state index in [9.17, 15) is 4.79 Å². The number of hydrogen-bond donors (Lipinski definition) is 1. The molecule has 0 radical (unpaired) electrons. The smallest absolute Gasteiger partial charge is 0.231 e. The van der Waals surface area contributed by atoms with Gasteiger partial charge in [-0.2, -0.15) is 0 Å². The zero-order chi connectivity index (χ0) is 17.2. The van der Waals surface area contributed by atoms with Gasteiger partial charge >= 0.3 is 0 Å². The number of aromatic nitrogens is 2. The number of nitrogens with zero attached hydrogens (tertiary/aromatic N) is 2. The maximum atomic E-state index is 12.1. The van der Waals surface area contributed by atoms with Crippen molar-refractivity contribution in [2.45, 2.75) is 11.7 Å². The molecule has 0 saturated carbocycles. The lowest BCUT2D eigenvalue weighted by molar-refractivity contribution is -0.118. The lowest BCUT2D eigenvalue weighted by Crippen LogP contribution is -2.24. The van der Waals surface area contributed by atoms with Crippen LogP contribution in [0.4, 0.5) is 0 Å². The largest absolute Gasteiger partial charge is 0.454 e. The number of hydrogen-bond acceptors (Lipinski definition) is 5. The number of thioether (sulfide) groups is 1. The second kappa shape index (κ2) is 6.68. The quantitative estimate of drug-likeness (QED) is 0.713. The molecule has 128 valence electrons. The monoisotopic (exact) mass is 355 g/mol. The van der Waals surface area contributed by atoms with Crippen molar-refractivity contribution in [3.05, 3.63) is 48.0 Å². The van der Waals surface area contributed by atoms with Crippen molar-refractivity contribution in [3.63, 3.8) is 0 Å². The molecule has 0 bridgehead atoms. The van der Waals surface area contributed by atoms with E-state index in [0.29, 0.717) is 12.3 Å². The molecule has 0 aliphatic carbocycles. The second-order valence-corrected chi connectivity index (χ2v) is 6.64. The summed E-state index contributed by atoms with van der Waals surface area (Å²) in [6.07, 6.45) is 0. The van der Waals surface area contributed by atoms with Gasteiger partial charge in [-0.3, -0.25) is 4.79 Å². The number of carbonyl (C=O) groups excluding carboxylic acids is 1. The molecule has 1 aliphatic rings. The van der Waals surface area contributed by atoms with E-state index in [1.807, 2.05) is 54.1 Å². The van der Waals surface area contributed by atoms with Crippen LogP contribution in [0.3, 0.4) is 0 Å². The van der Waals surface area contributed by atoms with Gasteiger partial charge in [-0.25, -0.2) is 4.98 Å². The number of ether oxygens (including phenoxy) is 2. The molecule has 1 amide bonds. The van der Waals surface area contributed by atoms with Crippen molar-refractivity contribution in [3.8, 4) is 11.5 Å². The summed E-state index contributed by atoms with van der Waals surface area (Å²) in [5.41, 5.74) is 2.98. The number of amides is 1. The minimum atomic E-state index is -0.0327. The number of para-hydroxylation sites is 2. The Morgan fingerprint density at radius 3 is 2.96 bits per heavy atom. The summed E-state index contributed by atoms with van der Waals surface area (Å²) in [5, 5.41) is 3.75. The highest BCUT2D eigenvalue weighted by Gasteiger charge is 2.14. The molecule has 0 fully saturated rings. The summed E-state index contributed by atoms with van der Waals surface area (Å²) in [7, 11) is 1.96. The van der Waals surface area contributed by atoms with E-state index in [1.165, 1.54) is 11.8 Å². The fraction of sp³-hybridized carbons (Fsp3) is 0.222. The Balaban J connectivity index is 1.33. The van der Waals surface area contributed by atoms with Crippen molar-refractivity contribution in [1.82, 2.24) is 14.9 Å². The molecule has 1 aliphatic heterocycles. The first-order valence-corrected chi connectivity index (χ1v) is 8.89. The van der Waals surface area contributed by atoms with E-state index >= 15 is 0 Å². The first-order valence-electron chi connectivity index (χ1n) is 7.90. The highest BCUT2D eigenvalue weighted by Crippen LogP contribution is 2.32. The van der Waals surface area contributed by atoms with Crippen LogP contribution in [0.2, 0.25) is 0 Å². The van der Waals surface area contributed by atoms with Crippen LogP contribution in [0.25, 0.3) is 11.0 Å². The van der Waals surface area contributed by atoms with Crippen LogP contribution >= 0.6 is 11.8 Å². The molecule has 3 aromatic rings. The summed E-state index contributed by atoms with van der Waals surface area (Å²) in [6.45, 7) is 0.707. The molecule has 0 unspecified atom stereocenters. The van der Waals surface area contributed by atoms with Gasteiger partial charge in [0.15, 0.2) is 16.7 Å². The zero-order valence-electron chi connectivity index (χ0n) is 13.7. The van der Waals surface area contributed by atoms with Gasteiger partial charge in [0, 0.05) is 13.6 Å². The molecule has 7 heteroatoms. The average Bonchev–Trinajstić information content (AvgIpc) is 3.22. The summed E-state index contributed by atoms with van der Waals surface area (Å²) in [4.78, 5) is 16.7. The lowest BCUT2D eigenvalue weighted by Gasteiger charge is -2.06. The van der Waals surface area contributed by atoms with E-state index in [1.54, 1.807) is 0 Å². The highest BCUT2D eigenvalue weighted by atomic mass is 32.2. The number of fused-ring (bicyclic) bond motifs is 2. The Morgan fingerprint density at radius 2 is 2.08 bits per heavy atom. The van der Waals surface area contributed by atoms with Gasteiger partial charge in [0.1, 0.15) is 0 Å². The van der Waals surface area contributed by atoms with Crippen LogP contribution in [-0.2, 0) is 18.4 Å². The van der Waals surface area contributed by atoms with Crippen molar-refractivity contribution >= 4 is 28.7 Å². The first-order chi connectivity index (χ1) is 12.2. The summed E-state index contributed by atoms with van der Waals surface area (Å²) in [6, 6.07) is 13.6. The number of rotatable bonds is 5. The molecule has 1 aromatic heterocycles. The Morgan fingerprint density at radius 1 is 1.24 bits per heavy atom. The van der Waals surface area contributed by atoms with Crippen LogP contribution in [0, 0.1) is 0 Å². The molecular weight excluding hydrogens is 338 g/mol. The van der Waals surface area contributed by atoms with E-state index in [4.69, 9.17) is 9.47 Å². The third kappa shape index (κ3) is 3.28. The maximum absolute atomic E-state index is 12.1. The van der Waals surface area contributed by atoms with Crippen LogP contribution in [0.5, 0.6) is 11.5 Å². The molecule has 0 atom stereocenters. The number of nitrogens with one attached hydrogen (secondary N) is 1. The highest BCUT2D eigenvalue weighted by molar-refractivity contribution is 7.99. The fourth-order valence-electron chi connectivity index (χ4n) is 2.69. The van der Waals surface area contributed by atoms with Crippen LogP contribution in [0.1, 0.15) is 5.56 Å². The minimum Gasteiger partial charge on any atom is -0.454 e. The SMILES string of the molecule is Cn1c(SCC(=O)NCc2ccc3c(c2)OCO3)nc2ccccc21.